The molecule has 0 saturated heterocycles. The Kier molecular flexibility index (Phi) is 3.62. The van der Waals surface area contributed by atoms with Crippen LogP contribution >= 0.6 is 34.8 Å². The Morgan fingerprint density at radius 1 is 1.14 bits per heavy atom. The van der Waals surface area contributed by atoms with E-state index in [1.54, 1.807) is 12.1 Å². The van der Waals surface area contributed by atoms with Crippen molar-refractivity contribution in [2.24, 2.45) is 5.73 Å². The molecule has 0 aliphatic carbocycles. The maximum atomic E-state index is 6.24. The first-order chi connectivity index (χ1) is 10.0. The van der Waals surface area contributed by atoms with E-state index >= 15 is 0 Å². The summed E-state index contributed by atoms with van der Waals surface area (Å²) in [5.41, 5.74) is 13.4. The Hall–Kier alpha value is -1.60. The predicted octanol–water partition coefficient (Wildman–Crippen LogP) is 2.79. The minimum Gasteiger partial charge on any atom is -0.383 e. The summed E-state index contributed by atoms with van der Waals surface area (Å²) in [6.45, 7) is 0.152. The van der Waals surface area contributed by atoms with Gasteiger partial charge in [0.25, 0.3) is 5.78 Å². The lowest BCUT2D eigenvalue weighted by Crippen LogP contribution is -2.11. The van der Waals surface area contributed by atoms with Crippen LogP contribution in [0.25, 0.3) is 17.0 Å². The molecule has 0 spiro atoms. The van der Waals surface area contributed by atoms with Crippen LogP contribution in [0.4, 0.5) is 5.82 Å². The van der Waals surface area contributed by atoms with E-state index in [1.807, 2.05) is 0 Å². The van der Waals surface area contributed by atoms with Gasteiger partial charge >= 0.3 is 0 Å². The highest BCUT2D eigenvalue weighted by atomic mass is 35.5. The number of hydrogen-bond acceptors (Lipinski definition) is 5. The lowest BCUT2D eigenvalue weighted by atomic mass is 10.1. The molecule has 0 aliphatic heterocycles. The van der Waals surface area contributed by atoms with Gasteiger partial charge in [0.05, 0.1) is 15.7 Å². The Morgan fingerprint density at radius 3 is 2.43 bits per heavy atom. The first-order valence-corrected chi connectivity index (χ1v) is 6.99. The SMILES string of the molecule is NCc1c(-c2c(Cl)cc(Cl)cc2Cl)nc2ncnn2c1N. The van der Waals surface area contributed by atoms with E-state index in [2.05, 4.69) is 15.1 Å². The number of nitrogens with zero attached hydrogens (tertiary/aromatic N) is 4. The van der Waals surface area contributed by atoms with Crippen LogP contribution in [0.15, 0.2) is 18.5 Å². The van der Waals surface area contributed by atoms with Crippen molar-refractivity contribution >= 4 is 46.4 Å². The van der Waals surface area contributed by atoms with E-state index in [0.717, 1.165) is 0 Å². The minimum atomic E-state index is 0.152. The van der Waals surface area contributed by atoms with Crippen LogP contribution in [0.2, 0.25) is 15.1 Å². The molecule has 0 aliphatic rings. The topological polar surface area (TPSA) is 95.1 Å². The second-order valence-electron chi connectivity index (χ2n) is 4.24. The zero-order valence-electron chi connectivity index (χ0n) is 10.5. The summed E-state index contributed by atoms with van der Waals surface area (Å²) in [5, 5.41) is 5.14. The van der Waals surface area contributed by atoms with Gasteiger partial charge in [-0.2, -0.15) is 14.6 Å². The quantitative estimate of drug-likeness (QED) is 0.746. The van der Waals surface area contributed by atoms with E-state index in [-0.39, 0.29) is 6.54 Å². The molecule has 9 heteroatoms. The Labute approximate surface area is 134 Å². The second kappa shape index (κ2) is 5.31. The molecule has 6 nitrogen and oxygen atoms in total. The van der Waals surface area contributed by atoms with E-state index < -0.39 is 0 Å². The first-order valence-electron chi connectivity index (χ1n) is 5.86. The van der Waals surface area contributed by atoms with Crippen molar-refractivity contribution in [1.82, 2.24) is 19.6 Å². The van der Waals surface area contributed by atoms with Gasteiger partial charge in [0.1, 0.15) is 12.1 Å². The standard InChI is InChI=1S/C12H9Cl3N6/c13-5-1-7(14)9(8(15)2-5)10-6(3-16)11(17)21-12(20-10)18-4-19-21/h1-2,4H,3,16-17H2. The molecule has 4 N–H and O–H groups in total. The molecular weight excluding hydrogens is 335 g/mol. The molecule has 0 bridgehead atoms. The smallest absolute Gasteiger partial charge is 0.254 e. The van der Waals surface area contributed by atoms with Crippen LogP contribution in [-0.4, -0.2) is 19.6 Å². The summed E-state index contributed by atoms with van der Waals surface area (Å²) in [7, 11) is 0. The number of benzene rings is 1. The van der Waals surface area contributed by atoms with E-state index in [9.17, 15) is 0 Å². The third kappa shape index (κ3) is 2.30. The number of aromatic nitrogens is 4. The summed E-state index contributed by atoms with van der Waals surface area (Å²) in [6, 6.07) is 3.16. The number of rotatable bonds is 2. The molecule has 0 fully saturated rings. The van der Waals surface area contributed by atoms with Crippen LogP contribution < -0.4 is 11.5 Å². The van der Waals surface area contributed by atoms with Gasteiger partial charge in [0.2, 0.25) is 0 Å². The molecule has 21 heavy (non-hydrogen) atoms. The molecule has 0 unspecified atom stereocenters. The summed E-state index contributed by atoms with van der Waals surface area (Å²) in [4.78, 5) is 8.43. The van der Waals surface area contributed by atoms with Crippen LogP contribution in [0, 0.1) is 0 Å². The molecule has 2 heterocycles. The average Bonchev–Trinajstić information content (AvgIpc) is 2.86. The van der Waals surface area contributed by atoms with Crippen molar-refractivity contribution in [2.45, 2.75) is 6.54 Å². The van der Waals surface area contributed by atoms with Gasteiger partial charge in [-0.25, -0.2) is 4.98 Å². The third-order valence-electron chi connectivity index (χ3n) is 3.01. The number of anilines is 1. The van der Waals surface area contributed by atoms with Gasteiger partial charge in [-0.3, -0.25) is 0 Å². The van der Waals surface area contributed by atoms with Crippen LogP contribution in [0.1, 0.15) is 5.56 Å². The highest BCUT2D eigenvalue weighted by Crippen LogP contribution is 2.39. The Morgan fingerprint density at radius 2 is 1.81 bits per heavy atom. The lowest BCUT2D eigenvalue weighted by Gasteiger charge is -2.13. The molecule has 0 saturated carbocycles. The lowest BCUT2D eigenvalue weighted by molar-refractivity contribution is 0.919. The maximum absolute atomic E-state index is 6.24. The number of hydrogen-bond donors (Lipinski definition) is 2. The second-order valence-corrected chi connectivity index (χ2v) is 5.50. The fourth-order valence-corrected chi connectivity index (χ4v) is 3.07. The van der Waals surface area contributed by atoms with E-state index in [0.29, 0.717) is 43.5 Å². The van der Waals surface area contributed by atoms with Crippen molar-refractivity contribution in [3.8, 4) is 11.3 Å². The highest BCUT2D eigenvalue weighted by Gasteiger charge is 2.19. The average molecular weight is 344 g/mol. The summed E-state index contributed by atoms with van der Waals surface area (Å²) in [6.07, 6.45) is 1.36. The highest BCUT2D eigenvalue weighted by molar-refractivity contribution is 6.41. The van der Waals surface area contributed by atoms with Gasteiger partial charge < -0.3 is 11.5 Å². The molecule has 3 aromatic rings. The third-order valence-corrected chi connectivity index (χ3v) is 3.83. The van der Waals surface area contributed by atoms with Gasteiger partial charge in [-0.1, -0.05) is 34.8 Å². The predicted molar refractivity (Wildman–Crippen MR) is 83.6 cm³/mol. The zero-order valence-corrected chi connectivity index (χ0v) is 12.8. The van der Waals surface area contributed by atoms with Crippen LogP contribution in [-0.2, 0) is 6.54 Å². The maximum Gasteiger partial charge on any atom is 0.254 e. The van der Waals surface area contributed by atoms with Gasteiger partial charge in [0, 0.05) is 22.7 Å². The summed E-state index contributed by atoms with van der Waals surface area (Å²) in [5.74, 6) is 0.680. The Balaban J connectivity index is 2.39. The van der Waals surface area contributed by atoms with Crippen LogP contribution in [0.3, 0.4) is 0 Å². The fourth-order valence-electron chi connectivity index (χ4n) is 2.07. The largest absolute Gasteiger partial charge is 0.383 e. The number of nitrogens with two attached hydrogens (primary N) is 2. The molecule has 3 rings (SSSR count). The number of fused-ring (bicyclic) bond motifs is 1. The molecule has 2 aromatic heterocycles. The number of halogens is 3. The minimum absolute atomic E-state index is 0.152. The summed E-state index contributed by atoms with van der Waals surface area (Å²) >= 11 is 18.4. The molecule has 108 valence electrons. The van der Waals surface area contributed by atoms with Crippen molar-refractivity contribution < 1.29 is 0 Å². The van der Waals surface area contributed by atoms with Gasteiger partial charge in [0.15, 0.2) is 0 Å². The number of nitrogen functional groups attached to an aromatic ring is 1. The zero-order chi connectivity index (χ0) is 15.1. The van der Waals surface area contributed by atoms with Crippen molar-refractivity contribution in [2.75, 3.05) is 5.73 Å². The van der Waals surface area contributed by atoms with Crippen molar-refractivity contribution in [3.63, 3.8) is 0 Å². The first kappa shape index (κ1) is 14.3. The van der Waals surface area contributed by atoms with E-state index in [4.69, 9.17) is 46.3 Å². The van der Waals surface area contributed by atoms with E-state index in [1.165, 1.54) is 10.8 Å². The molecular formula is C12H9Cl3N6. The van der Waals surface area contributed by atoms with Crippen molar-refractivity contribution in [3.05, 3.63) is 39.1 Å². The molecule has 0 atom stereocenters. The summed E-state index contributed by atoms with van der Waals surface area (Å²) < 4.78 is 1.41. The van der Waals surface area contributed by atoms with Gasteiger partial charge in [-0.05, 0) is 12.1 Å². The molecule has 0 radical (unpaired) electrons. The monoisotopic (exact) mass is 342 g/mol. The van der Waals surface area contributed by atoms with Crippen molar-refractivity contribution in [1.29, 1.82) is 0 Å². The molecule has 0 amide bonds. The Bertz CT molecular complexity index is 821. The normalized spacial score (nSPS) is 11.2. The fraction of sp³-hybridized carbons (Fsp3) is 0.0833. The van der Waals surface area contributed by atoms with Crippen LogP contribution in [0.5, 0.6) is 0 Å². The van der Waals surface area contributed by atoms with Gasteiger partial charge in [-0.15, -0.1) is 0 Å². The molecule has 1 aromatic carbocycles.